The van der Waals surface area contributed by atoms with Crippen molar-refractivity contribution in [1.82, 2.24) is 0 Å². The molecule has 3 heteroatoms. The summed E-state index contributed by atoms with van der Waals surface area (Å²) in [5.74, 6) is 18.9. The second-order valence-corrected chi connectivity index (χ2v) is 32.4. The highest BCUT2D eigenvalue weighted by Gasteiger charge is 3.70. The summed E-state index contributed by atoms with van der Waals surface area (Å²) in [5.41, 5.74) is 20.7. The molecule has 0 aliphatic heterocycles. The molecule has 0 aromatic carbocycles. The van der Waals surface area contributed by atoms with Gasteiger partial charge in [-0.2, -0.15) is 0 Å². The van der Waals surface area contributed by atoms with E-state index in [1.54, 1.807) is 12.8 Å². The van der Waals surface area contributed by atoms with Gasteiger partial charge in [0.25, 0.3) is 0 Å². The average molecular weight is 683 g/mol. The smallest absolute Gasteiger partial charge is 0.0128 e. The quantitative estimate of drug-likeness (QED) is 0.315. The molecule has 30 aliphatic carbocycles. The van der Waals surface area contributed by atoms with E-state index in [2.05, 4.69) is 55.4 Å². The molecular formula is C46H37P3. The Morgan fingerprint density at radius 3 is 1.14 bits per heavy atom. The average Bonchev–Trinajstić information content (AvgIpc) is 2.99. The number of fused-ring (bicyclic) bond motifs is 14. The Morgan fingerprint density at radius 2 is 0.714 bits per heavy atom. The van der Waals surface area contributed by atoms with E-state index < -0.39 is 0 Å². The highest BCUT2D eigenvalue weighted by molar-refractivity contribution is 7.30. The molecular weight excluding hydrogens is 645 g/mol. The fourth-order valence-electron chi connectivity index (χ4n) is 48.9. The molecule has 0 saturated heterocycles. The van der Waals surface area contributed by atoms with Crippen LogP contribution < -0.4 is 0 Å². The molecule has 0 heterocycles. The van der Waals surface area contributed by atoms with Gasteiger partial charge in [-0.15, -0.1) is 27.7 Å². The Bertz CT molecular complexity index is 2510. The predicted octanol–water partition coefficient (Wildman–Crippen LogP) is 5.04. The first-order valence-electron chi connectivity index (χ1n) is 23.0. The second kappa shape index (κ2) is 2.92. The van der Waals surface area contributed by atoms with E-state index in [-0.39, 0.29) is 0 Å². The summed E-state index contributed by atoms with van der Waals surface area (Å²) in [4.78, 5) is 0. The Morgan fingerprint density at radius 1 is 0.347 bits per heavy atom. The van der Waals surface area contributed by atoms with Crippen LogP contribution in [0.25, 0.3) is 0 Å². The van der Waals surface area contributed by atoms with Gasteiger partial charge >= 0.3 is 0 Å². The molecule has 37 atom stereocenters. The van der Waals surface area contributed by atoms with Crippen LogP contribution in [0.1, 0.15) is 40.5 Å². The monoisotopic (exact) mass is 682 g/mol. The molecule has 37 unspecified atom stereocenters. The number of hydrogen-bond donors (Lipinski definition) is 0. The zero-order chi connectivity index (χ0) is 29.6. The first kappa shape index (κ1) is 19.4. The molecule has 0 amide bonds. The molecule has 0 nitrogen and oxygen atoms in total. The van der Waals surface area contributed by atoms with Gasteiger partial charge in [0.2, 0.25) is 0 Å². The Balaban J connectivity index is 0.927. The van der Waals surface area contributed by atoms with E-state index in [1.807, 2.05) is 0 Å². The summed E-state index contributed by atoms with van der Waals surface area (Å²) < 4.78 is 0. The fourth-order valence-corrected chi connectivity index (χ4v) is 54.0. The van der Waals surface area contributed by atoms with E-state index in [0.29, 0.717) is 26.3 Å². The maximum atomic E-state index is 4.16. The third kappa shape index (κ3) is 0.428. The van der Waals surface area contributed by atoms with Crippen LogP contribution in [0.4, 0.5) is 0 Å². The lowest BCUT2D eigenvalue weighted by Gasteiger charge is -3.67. The Labute approximate surface area is 290 Å². The molecule has 0 N–H and O–H groups in total. The molecule has 49 heavy (non-hydrogen) atoms. The van der Waals surface area contributed by atoms with Crippen LogP contribution in [0.5, 0.6) is 0 Å². The minimum Gasteiger partial charge on any atom is -0.129 e. The van der Waals surface area contributed by atoms with E-state index in [0.717, 1.165) is 120 Å². The highest BCUT2D eigenvalue weighted by Crippen LogP contribution is 3.70. The van der Waals surface area contributed by atoms with E-state index in [4.69, 9.17) is 0 Å². The van der Waals surface area contributed by atoms with Gasteiger partial charge in [-0.25, -0.2) is 0 Å². The topological polar surface area (TPSA) is 0 Å². The zero-order valence-electron chi connectivity index (χ0n) is 28.3. The minimum absolute atomic E-state index is 0.542. The molecule has 20 spiro atoms. The van der Waals surface area contributed by atoms with E-state index in [9.17, 15) is 0 Å². The van der Waals surface area contributed by atoms with Crippen molar-refractivity contribution in [3.63, 3.8) is 0 Å². The lowest BCUT2D eigenvalue weighted by Crippen LogP contribution is -3.67. The van der Waals surface area contributed by atoms with Crippen molar-refractivity contribution >= 4 is 27.7 Å². The Kier molecular flexibility index (Phi) is 1.16. The summed E-state index contributed by atoms with van der Waals surface area (Å²) in [6, 6.07) is 0. The minimum atomic E-state index is 0.542. The van der Waals surface area contributed by atoms with Gasteiger partial charge in [0.1, 0.15) is 0 Å². The summed E-state index contributed by atoms with van der Waals surface area (Å²) in [6.07, 6.45) is 3.59. The fraction of sp³-hybridized carbons (Fsp3) is 1.00. The lowest BCUT2D eigenvalue weighted by molar-refractivity contribution is -1.21. The molecule has 0 aromatic heterocycles. The number of rotatable bonds is 0. The molecule has 30 saturated carbocycles. The van der Waals surface area contributed by atoms with Crippen molar-refractivity contribution in [2.75, 3.05) is 0 Å². The molecule has 0 radical (unpaired) electrons. The zero-order valence-corrected chi connectivity index (χ0v) is 31.8. The van der Waals surface area contributed by atoms with Gasteiger partial charge in [-0.3, -0.25) is 0 Å². The summed E-state index contributed by atoms with van der Waals surface area (Å²) >= 11 is 0. The maximum Gasteiger partial charge on any atom is 0.0128 e. The van der Waals surface area contributed by atoms with Crippen LogP contribution >= 0.6 is 27.7 Å². The van der Waals surface area contributed by atoms with Crippen molar-refractivity contribution in [2.45, 2.75) is 56.0 Å². The Hall–Kier alpha value is 1.29. The van der Waals surface area contributed by atoms with Gasteiger partial charge in [0, 0.05) is 37.1 Å². The molecule has 30 aliphatic rings. The third-order valence-electron chi connectivity index (χ3n) is 39.5. The first-order chi connectivity index (χ1) is 23.6. The van der Waals surface area contributed by atoms with Crippen molar-refractivity contribution < 1.29 is 0 Å². The van der Waals surface area contributed by atoms with Crippen molar-refractivity contribution in [3.8, 4) is 0 Å². The van der Waals surface area contributed by atoms with Crippen LogP contribution in [-0.4, -0.2) is 15.5 Å². The highest BCUT2D eigenvalue weighted by atomic mass is 31.0. The van der Waals surface area contributed by atoms with Crippen LogP contribution in [0.15, 0.2) is 0 Å². The van der Waals surface area contributed by atoms with Crippen LogP contribution in [0, 0.1) is 208 Å². The van der Waals surface area contributed by atoms with Crippen molar-refractivity contribution in [1.29, 1.82) is 0 Å². The van der Waals surface area contributed by atoms with E-state index >= 15 is 0 Å². The summed E-state index contributed by atoms with van der Waals surface area (Å²) in [7, 11) is 12.4. The van der Waals surface area contributed by atoms with Crippen molar-refractivity contribution in [2.24, 2.45) is 208 Å². The normalized spacial score (nSPS) is 132. The van der Waals surface area contributed by atoms with Crippen molar-refractivity contribution in [3.05, 3.63) is 0 Å². The van der Waals surface area contributed by atoms with Gasteiger partial charge in [-0.05, 0) is 199 Å². The second-order valence-electron chi connectivity index (χ2n) is 29.8. The third-order valence-corrected chi connectivity index (χ3v) is 44.5. The number of hydrogen-bond acceptors (Lipinski definition) is 0. The van der Waals surface area contributed by atoms with Gasteiger partial charge in [-0.1, -0.05) is 27.7 Å². The molecule has 30 fully saturated rings. The van der Waals surface area contributed by atoms with Gasteiger partial charge in [0.15, 0.2) is 0 Å². The van der Waals surface area contributed by atoms with Crippen LogP contribution in [0.3, 0.4) is 0 Å². The van der Waals surface area contributed by atoms with Gasteiger partial charge in [0.05, 0.1) is 0 Å². The molecule has 236 valence electrons. The van der Waals surface area contributed by atoms with Gasteiger partial charge < -0.3 is 0 Å². The van der Waals surface area contributed by atoms with Crippen LogP contribution in [-0.2, 0) is 0 Å². The summed E-state index contributed by atoms with van der Waals surface area (Å²) in [6.45, 7) is 12.0. The lowest BCUT2D eigenvalue weighted by atomic mass is 8.36. The first-order valence-corrected chi connectivity index (χ1v) is 24.7. The molecule has 0 aromatic rings. The maximum absolute atomic E-state index is 4.16. The predicted molar refractivity (Wildman–Crippen MR) is 175 cm³/mol. The summed E-state index contributed by atoms with van der Waals surface area (Å²) in [5, 5.41) is 1.67. The molecule has 0 bridgehead atoms. The van der Waals surface area contributed by atoms with Crippen LogP contribution in [0.2, 0.25) is 0 Å². The standard InChI is InChI=1S/C46H37P3/c1-7-13-19-15-9-5-11-17-21-18-12-6-10-16-20-14-8(2)23(4)27(14)33(20)29(16)25(10,12)31(18)34(21)30(17)24(9,11)28(15)32(19)26(13)22(7,3)44(47)40(26)38(32)35(28,30)37(34)36(29,31)39(33)41(27)43(40,42(37,38)39)46(44,49)45(23,41)48/h7-21H,5-6,47-49H2,1-4H3. The van der Waals surface area contributed by atoms with E-state index in [1.165, 1.54) is 76.9 Å². The SMILES string of the molecule is CC1C2C3C4C5CC6C7C8C9C%10CC%11C%12C%13C%14C(C)C%15(C)C%16(P)C%17(P)C%18(P)C1(C)C21C32C43C56C74C85C96C%11%10C%127C%138C%14%15C%169C%17%10C%181C21C34C52C76C89C%1012. The largest absolute Gasteiger partial charge is 0.129 e. The molecule has 30 rings (SSSR count).